The molecule has 0 radical (unpaired) electrons. The average molecular weight is 825 g/mol. The molecule has 2 aromatic carbocycles. The number of nitrogens with two attached hydrogens (primary N) is 1. The van der Waals surface area contributed by atoms with Crippen molar-refractivity contribution in [3.8, 4) is 0 Å². The lowest BCUT2D eigenvalue weighted by Gasteiger charge is -2.32. The highest BCUT2D eigenvalue weighted by atomic mass is 16.3. The number of pyridine rings is 1. The van der Waals surface area contributed by atoms with Crippen molar-refractivity contribution in [1.82, 2.24) is 40.8 Å². The Morgan fingerprint density at radius 2 is 1.70 bits per heavy atom. The van der Waals surface area contributed by atoms with Crippen LogP contribution in [0, 0.1) is 5.92 Å². The predicted octanol–water partition coefficient (Wildman–Crippen LogP) is 2.65. The molecule has 17 heteroatoms. The maximum Gasteiger partial charge on any atom is 0.287 e. The molecule has 2 aromatic heterocycles. The van der Waals surface area contributed by atoms with Crippen molar-refractivity contribution >= 4 is 45.9 Å². The fourth-order valence-electron chi connectivity index (χ4n) is 8.26. The minimum atomic E-state index is -1.35. The number of nitrogens with one attached hydrogen (secondary N) is 4. The van der Waals surface area contributed by atoms with Crippen molar-refractivity contribution in [3.63, 3.8) is 0 Å². The number of amides is 4. The van der Waals surface area contributed by atoms with Crippen LogP contribution in [0.1, 0.15) is 100 Å². The normalized spacial score (nSPS) is 18.7. The summed E-state index contributed by atoms with van der Waals surface area (Å²) in [4.78, 5) is 73.9. The van der Waals surface area contributed by atoms with E-state index in [9.17, 15) is 34.2 Å². The first-order chi connectivity index (χ1) is 28.8. The van der Waals surface area contributed by atoms with E-state index in [0.29, 0.717) is 42.8 Å². The Labute approximate surface area is 348 Å². The van der Waals surface area contributed by atoms with Gasteiger partial charge in [0.05, 0.1) is 35.9 Å². The Hall–Kier alpha value is -5.78. The lowest BCUT2D eigenvalue weighted by atomic mass is 9.84. The van der Waals surface area contributed by atoms with E-state index in [1.54, 1.807) is 50.5 Å². The molecule has 0 bridgehead atoms. The topological polar surface area (TPSA) is 247 Å². The first-order valence-electron chi connectivity index (χ1n) is 20.7. The molecule has 1 aliphatic carbocycles. The van der Waals surface area contributed by atoms with E-state index in [1.807, 2.05) is 30.3 Å². The van der Waals surface area contributed by atoms with E-state index in [2.05, 4.69) is 36.6 Å². The third-order valence-corrected chi connectivity index (χ3v) is 11.4. The number of benzene rings is 2. The zero-order chi connectivity index (χ0) is 42.8. The van der Waals surface area contributed by atoms with Crippen LogP contribution >= 0.6 is 0 Å². The lowest BCUT2D eigenvalue weighted by molar-refractivity contribution is -0.142. The number of fused-ring (bicyclic) bond motifs is 1. The van der Waals surface area contributed by atoms with Gasteiger partial charge in [0.1, 0.15) is 17.7 Å². The van der Waals surface area contributed by atoms with Crippen molar-refractivity contribution in [2.24, 2.45) is 11.7 Å². The molecule has 6 rings (SSSR count). The second-order valence-electron chi connectivity index (χ2n) is 16.4. The second-order valence-corrected chi connectivity index (χ2v) is 16.4. The van der Waals surface area contributed by atoms with E-state index in [0.717, 1.165) is 42.9 Å². The Kier molecular flexibility index (Phi) is 14.6. The van der Waals surface area contributed by atoms with Crippen molar-refractivity contribution in [3.05, 3.63) is 84.4 Å². The number of likely N-dealkylation sites (tertiary alicyclic amines) is 1. The van der Waals surface area contributed by atoms with Gasteiger partial charge in [-0.3, -0.25) is 34.3 Å². The van der Waals surface area contributed by atoms with Crippen LogP contribution in [0.5, 0.6) is 0 Å². The fraction of sp³-hybridized carbons (Fsp3) is 0.488. The molecule has 3 heterocycles. The van der Waals surface area contributed by atoms with Crippen LogP contribution in [-0.4, -0.2) is 102 Å². The van der Waals surface area contributed by atoms with Crippen LogP contribution in [0.2, 0.25) is 0 Å². The van der Waals surface area contributed by atoms with Crippen LogP contribution in [-0.2, 0) is 24.8 Å². The van der Waals surface area contributed by atoms with Gasteiger partial charge in [-0.25, -0.2) is 4.68 Å². The van der Waals surface area contributed by atoms with Crippen molar-refractivity contribution in [1.29, 1.82) is 0 Å². The molecule has 4 aromatic rings. The van der Waals surface area contributed by atoms with E-state index in [4.69, 9.17) is 5.73 Å². The number of aliphatic hydroxyl groups excluding tert-OH is 1. The average Bonchev–Trinajstić information content (AvgIpc) is 3.92. The number of carbonyl (C=O) groups is 5. The summed E-state index contributed by atoms with van der Waals surface area (Å²) in [5.41, 5.74) is 5.46. The highest BCUT2D eigenvalue weighted by Gasteiger charge is 2.45. The van der Waals surface area contributed by atoms with E-state index in [1.165, 1.54) is 15.8 Å². The van der Waals surface area contributed by atoms with Gasteiger partial charge in [0.25, 0.3) is 11.8 Å². The maximum absolute atomic E-state index is 14.9. The molecule has 1 saturated heterocycles. The molecular weight excluding hydrogens is 769 g/mol. The number of carbonyl (C=O) groups excluding carboxylic acids is 5. The number of unbranched alkanes of at least 4 members (excludes halogenated alkanes) is 1. The van der Waals surface area contributed by atoms with E-state index in [-0.39, 0.29) is 25.3 Å². The molecule has 1 saturated carbocycles. The van der Waals surface area contributed by atoms with Gasteiger partial charge in [-0.2, -0.15) is 0 Å². The molecule has 320 valence electrons. The van der Waals surface area contributed by atoms with Gasteiger partial charge in [-0.1, -0.05) is 67.6 Å². The number of rotatable bonds is 19. The van der Waals surface area contributed by atoms with Gasteiger partial charge >= 0.3 is 0 Å². The number of anilines is 1. The Morgan fingerprint density at radius 1 is 0.933 bits per heavy atom. The fourth-order valence-corrected chi connectivity index (χ4v) is 8.26. The number of ketones is 1. The molecule has 17 nitrogen and oxygen atoms in total. The van der Waals surface area contributed by atoms with E-state index < -0.39 is 65.5 Å². The summed E-state index contributed by atoms with van der Waals surface area (Å²) in [6.45, 7) is 3.49. The number of aromatic nitrogens is 4. The maximum atomic E-state index is 14.9. The van der Waals surface area contributed by atoms with Gasteiger partial charge in [-0.05, 0) is 87.0 Å². The third-order valence-electron chi connectivity index (χ3n) is 11.4. The molecule has 4 amide bonds. The number of hydrogen-bond acceptors (Lipinski definition) is 12. The molecule has 8 N–H and O–H groups in total. The summed E-state index contributed by atoms with van der Waals surface area (Å²) < 4.78 is 1.51. The Morgan fingerprint density at radius 3 is 2.42 bits per heavy atom. The summed E-state index contributed by atoms with van der Waals surface area (Å²) in [6.07, 6.45) is 9.78. The molecule has 5 atom stereocenters. The van der Waals surface area contributed by atoms with Crippen molar-refractivity contribution in [2.75, 3.05) is 18.4 Å². The lowest BCUT2D eigenvalue weighted by Crippen LogP contribution is -2.56. The first-order valence-corrected chi connectivity index (χ1v) is 20.7. The number of nitrogens with zero attached hydrogens (tertiary/aromatic N) is 5. The Bertz CT molecular complexity index is 2120. The van der Waals surface area contributed by atoms with Gasteiger partial charge in [-0.15, -0.1) is 5.10 Å². The standard InChI is InChI=1S/C43H56N10O7/c1-43(2,60)36-25-47-51-53(36)32-23-35(40(57)49-33(37(54)38(44)55)16-8-9-20-46-42(59)48-31-15-10-19-45-24-31)52(26-32)41(58)34(21-27-11-4-3-5-12-27)50-39(56)30-18-17-28-13-6-7-14-29(28)22-30/h6-7,10,13-15,17-19,22,24-25,27,32-35,42,46,48,59-60H,3-5,8-9,11-12,16,20-21,23,26H2,1-2H3,(H2,44,55)(H,49,57)(H,50,56)/t32-,33?,34+,35-,42?/m0/s1. The number of hydrogen-bond donors (Lipinski definition) is 7. The van der Waals surface area contributed by atoms with Crippen LogP contribution in [0.3, 0.4) is 0 Å². The smallest absolute Gasteiger partial charge is 0.287 e. The van der Waals surface area contributed by atoms with Gasteiger partial charge in [0.2, 0.25) is 17.6 Å². The van der Waals surface area contributed by atoms with Crippen LogP contribution in [0.25, 0.3) is 10.8 Å². The Balaban J connectivity index is 1.21. The highest BCUT2D eigenvalue weighted by Crippen LogP contribution is 2.34. The minimum absolute atomic E-state index is 0.00806. The third kappa shape index (κ3) is 11.3. The highest BCUT2D eigenvalue weighted by molar-refractivity contribution is 6.37. The summed E-state index contributed by atoms with van der Waals surface area (Å²) in [5, 5.41) is 42.9. The number of aliphatic hydroxyl groups is 2. The summed E-state index contributed by atoms with van der Waals surface area (Å²) in [7, 11) is 0. The molecule has 2 unspecified atom stereocenters. The van der Waals surface area contributed by atoms with Gasteiger partial charge in [0.15, 0.2) is 6.35 Å². The summed E-state index contributed by atoms with van der Waals surface area (Å²) in [6, 6.07) is 12.5. The van der Waals surface area contributed by atoms with Crippen molar-refractivity contribution < 1.29 is 34.2 Å². The molecule has 2 fully saturated rings. The largest absolute Gasteiger partial charge is 0.384 e. The zero-order valence-corrected chi connectivity index (χ0v) is 34.1. The predicted molar refractivity (Wildman–Crippen MR) is 223 cm³/mol. The van der Waals surface area contributed by atoms with E-state index >= 15 is 0 Å². The van der Waals surface area contributed by atoms with Gasteiger partial charge < -0.3 is 36.8 Å². The summed E-state index contributed by atoms with van der Waals surface area (Å²) >= 11 is 0. The molecule has 1 aliphatic heterocycles. The minimum Gasteiger partial charge on any atom is -0.384 e. The van der Waals surface area contributed by atoms with Crippen LogP contribution < -0.4 is 27.0 Å². The monoisotopic (exact) mass is 824 g/mol. The van der Waals surface area contributed by atoms with Crippen LogP contribution in [0.4, 0.5) is 5.69 Å². The zero-order valence-electron chi connectivity index (χ0n) is 34.1. The number of Topliss-reactive ketones (excluding diaryl/α,β-unsaturated/α-hetero) is 1. The molecule has 2 aliphatic rings. The molecule has 0 spiro atoms. The van der Waals surface area contributed by atoms with Crippen LogP contribution in [0.15, 0.2) is 73.2 Å². The quantitative estimate of drug-likeness (QED) is 0.0410. The SMILES string of the molecule is CC(C)(O)c1cnnn1[C@H]1C[C@@H](C(=O)NC(CCCCNC(O)Nc2cccnc2)C(=O)C(N)=O)N(C(=O)[C@@H](CC2CCCCC2)NC(=O)c2ccc3ccccc3c2)C1. The van der Waals surface area contributed by atoms with Crippen molar-refractivity contribution in [2.45, 2.75) is 114 Å². The summed E-state index contributed by atoms with van der Waals surface area (Å²) in [5.74, 6) is -3.60. The molecular formula is C43H56N10O7. The first kappa shape index (κ1) is 43.8. The molecule has 60 heavy (non-hydrogen) atoms. The van der Waals surface area contributed by atoms with Gasteiger partial charge in [0, 0.05) is 24.7 Å². The second kappa shape index (κ2) is 20.0. The number of primary amides is 1.